The van der Waals surface area contributed by atoms with Gasteiger partial charge >= 0.3 is 0 Å². The Morgan fingerprint density at radius 3 is 2.53 bits per heavy atom. The molecule has 4 rings (SSSR count). The molecule has 2 amide bonds. The van der Waals surface area contributed by atoms with Crippen molar-refractivity contribution in [1.82, 2.24) is 19.9 Å². The van der Waals surface area contributed by atoms with E-state index >= 15 is 0 Å². The van der Waals surface area contributed by atoms with Gasteiger partial charge in [-0.1, -0.05) is 0 Å². The van der Waals surface area contributed by atoms with Crippen molar-refractivity contribution in [2.24, 2.45) is 0 Å². The van der Waals surface area contributed by atoms with Crippen LogP contribution in [0.25, 0.3) is 0 Å². The zero-order valence-electron chi connectivity index (χ0n) is 18.0. The van der Waals surface area contributed by atoms with Gasteiger partial charge in [-0.3, -0.25) is 14.6 Å². The highest BCUT2D eigenvalue weighted by molar-refractivity contribution is 6.04. The van der Waals surface area contributed by atoms with Crippen molar-refractivity contribution in [1.29, 1.82) is 0 Å². The van der Waals surface area contributed by atoms with Crippen LogP contribution in [0.5, 0.6) is 0 Å². The zero-order valence-corrected chi connectivity index (χ0v) is 18.0. The summed E-state index contributed by atoms with van der Waals surface area (Å²) < 4.78 is 13.0. The molecule has 0 unspecified atom stereocenters. The summed E-state index contributed by atoms with van der Waals surface area (Å²) in [7, 11) is 0. The molecule has 1 atom stereocenters. The molecular formula is C24H24FN5O2. The highest BCUT2D eigenvalue weighted by atomic mass is 19.1. The van der Waals surface area contributed by atoms with Gasteiger partial charge in [0.15, 0.2) is 0 Å². The summed E-state index contributed by atoms with van der Waals surface area (Å²) in [6, 6.07) is 9.14. The fourth-order valence-electron chi connectivity index (χ4n) is 3.88. The Balaban J connectivity index is 1.42. The first kappa shape index (κ1) is 21.5. The molecule has 1 aliphatic heterocycles. The van der Waals surface area contributed by atoms with Crippen LogP contribution in [0.2, 0.25) is 0 Å². The molecule has 0 saturated carbocycles. The van der Waals surface area contributed by atoms with Crippen molar-refractivity contribution in [3.8, 4) is 0 Å². The first-order valence-electron chi connectivity index (χ1n) is 10.5. The van der Waals surface area contributed by atoms with E-state index in [0.29, 0.717) is 41.4 Å². The number of aryl methyl sites for hydroxylation is 2. The third kappa shape index (κ3) is 4.80. The highest BCUT2D eigenvalue weighted by Gasteiger charge is 2.27. The lowest BCUT2D eigenvalue weighted by Crippen LogP contribution is -2.39. The maximum Gasteiger partial charge on any atom is 0.257 e. The van der Waals surface area contributed by atoms with E-state index in [1.54, 1.807) is 19.2 Å². The second kappa shape index (κ2) is 9.21. The topological polar surface area (TPSA) is 88.1 Å². The molecule has 1 saturated heterocycles. The Labute approximate surface area is 185 Å². The SMILES string of the molecule is Cc1ncc(C(=O)N2CCC[C@@H](c3ccc(C(=O)Nc4ccc(F)cc4)cn3)C2)c(C)n1. The lowest BCUT2D eigenvalue weighted by Gasteiger charge is -2.32. The number of nitrogens with zero attached hydrogens (tertiary/aromatic N) is 4. The molecule has 1 aromatic carbocycles. The predicted octanol–water partition coefficient (Wildman–Crippen LogP) is 3.90. The van der Waals surface area contributed by atoms with Crippen LogP contribution >= 0.6 is 0 Å². The summed E-state index contributed by atoms with van der Waals surface area (Å²) in [5.41, 5.74) is 2.97. The molecular weight excluding hydrogens is 409 g/mol. The van der Waals surface area contributed by atoms with Crippen LogP contribution in [0.4, 0.5) is 10.1 Å². The van der Waals surface area contributed by atoms with E-state index in [0.717, 1.165) is 18.5 Å². The smallest absolute Gasteiger partial charge is 0.257 e. The Hall–Kier alpha value is -3.68. The molecule has 2 aromatic heterocycles. The molecule has 0 spiro atoms. The van der Waals surface area contributed by atoms with E-state index in [1.807, 2.05) is 17.9 Å². The van der Waals surface area contributed by atoms with Crippen LogP contribution in [0, 0.1) is 19.7 Å². The third-order valence-electron chi connectivity index (χ3n) is 5.61. The number of benzene rings is 1. The number of pyridine rings is 1. The van der Waals surface area contributed by atoms with Gasteiger partial charge in [-0.25, -0.2) is 14.4 Å². The van der Waals surface area contributed by atoms with Crippen LogP contribution in [0.3, 0.4) is 0 Å². The third-order valence-corrected chi connectivity index (χ3v) is 5.61. The van der Waals surface area contributed by atoms with Crippen LogP contribution in [0.1, 0.15) is 56.7 Å². The number of halogens is 1. The number of carbonyl (C=O) groups is 2. The van der Waals surface area contributed by atoms with Crippen molar-refractivity contribution in [3.05, 3.63) is 82.9 Å². The maximum atomic E-state index is 13.0. The van der Waals surface area contributed by atoms with Crippen LogP contribution < -0.4 is 5.32 Å². The first-order valence-corrected chi connectivity index (χ1v) is 10.5. The number of anilines is 1. The molecule has 0 radical (unpaired) electrons. The highest BCUT2D eigenvalue weighted by Crippen LogP contribution is 2.27. The lowest BCUT2D eigenvalue weighted by atomic mass is 9.93. The van der Waals surface area contributed by atoms with E-state index in [4.69, 9.17) is 0 Å². The number of amides is 2. The standard InChI is InChI=1S/C24H24FN5O2/c1-15-21(13-26-16(2)28-15)24(32)30-11-3-4-18(14-30)22-10-5-17(12-27-22)23(31)29-20-8-6-19(25)7-9-20/h5-10,12-13,18H,3-4,11,14H2,1-2H3,(H,29,31)/t18-/m1/s1. The molecule has 1 aliphatic rings. The van der Waals surface area contributed by atoms with Gasteiger partial charge in [0, 0.05) is 42.8 Å². The number of carbonyl (C=O) groups excluding carboxylic acids is 2. The average Bonchev–Trinajstić information content (AvgIpc) is 2.80. The molecule has 3 aromatic rings. The van der Waals surface area contributed by atoms with Gasteiger partial charge in [0.1, 0.15) is 11.6 Å². The summed E-state index contributed by atoms with van der Waals surface area (Å²) in [6.45, 7) is 4.86. The molecule has 164 valence electrons. The molecule has 0 bridgehead atoms. The van der Waals surface area contributed by atoms with Crippen LogP contribution in [0.15, 0.2) is 48.8 Å². The summed E-state index contributed by atoms with van der Waals surface area (Å²) >= 11 is 0. The number of aromatic nitrogens is 3. The average molecular weight is 433 g/mol. The summed E-state index contributed by atoms with van der Waals surface area (Å²) in [5.74, 6) is -0.00977. The van der Waals surface area contributed by atoms with Crippen molar-refractivity contribution in [2.45, 2.75) is 32.6 Å². The minimum atomic E-state index is -0.362. The Kier molecular flexibility index (Phi) is 6.20. The molecule has 7 nitrogen and oxygen atoms in total. The fourth-order valence-corrected chi connectivity index (χ4v) is 3.88. The zero-order chi connectivity index (χ0) is 22.7. The second-order valence-corrected chi connectivity index (χ2v) is 7.94. The van der Waals surface area contributed by atoms with Gasteiger partial charge in [0.05, 0.1) is 16.8 Å². The largest absolute Gasteiger partial charge is 0.338 e. The Morgan fingerprint density at radius 2 is 1.84 bits per heavy atom. The number of nitrogens with one attached hydrogen (secondary N) is 1. The maximum absolute atomic E-state index is 13.0. The van der Waals surface area contributed by atoms with Crippen molar-refractivity contribution >= 4 is 17.5 Å². The van der Waals surface area contributed by atoms with E-state index in [1.165, 1.54) is 30.5 Å². The van der Waals surface area contributed by atoms with E-state index in [9.17, 15) is 14.0 Å². The Morgan fingerprint density at radius 1 is 1.06 bits per heavy atom. The minimum absolute atomic E-state index is 0.0671. The van der Waals surface area contributed by atoms with Gasteiger partial charge in [-0.05, 0) is 63.1 Å². The molecule has 1 N–H and O–H groups in total. The number of likely N-dealkylation sites (tertiary alicyclic amines) is 1. The van der Waals surface area contributed by atoms with E-state index in [2.05, 4.69) is 20.3 Å². The number of hydrogen-bond donors (Lipinski definition) is 1. The molecule has 8 heteroatoms. The monoisotopic (exact) mass is 433 g/mol. The number of hydrogen-bond acceptors (Lipinski definition) is 5. The molecule has 3 heterocycles. The molecule has 1 fully saturated rings. The van der Waals surface area contributed by atoms with Gasteiger partial charge in [0.2, 0.25) is 0 Å². The predicted molar refractivity (Wildman–Crippen MR) is 118 cm³/mol. The molecule has 0 aliphatic carbocycles. The summed E-state index contributed by atoms with van der Waals surface area (Å²) in [4.78, 5) is 40.2. The van der Waals surface area contributed by atoms with Crippen molar-refractivity contribution in [2.75, 3.05) is 18.4 Å². The quantitative estimate of drug-likeness (QED) is 0.674. The fraction of sp³-hybridized carbons (Fsp3) is 0.292. The summed E-state index contributed by atoms with van der Waals surface area (Å²) in [5, 5.41) is 2.72. The first-order chi connectivity index (χ1) is 15.4. The van der Waals surface area contributed by atoms with Crippen molar-refractivity contribution in [3.63, 3.8) is 0 Å². The van der Waals surface area contributed by atoms with Crippen molar-refractivity contribution < 1.29 is 14.0 Å². The minimum Gasteiger partial charge on any atom is -0.338 e. The lowest BCUT2D eigenvalue weighted by molar-refractivity contribution is 0.0704. The number of rotatable bonds is 4. The van der Waals surface area contributed by atoms with Gasteiger partial charge in [-0.2, -0.15) is 0 Å². The van der Waals surface area contributed by atoms with Crippen LogP contribution in [-0.4, -0.2) is 44.8 Å². The number of piperidine rings is 1. The van der Waals surface area contributed by atoms with E-state index in [-0.39, 0.29) is 23.5 Å². The van der Waals surface area contributed by atoms with Crippen LogP contribution in [-0.2, 0) is 0 Å². The Bertz CT molecular complexity index is 1130. The molecule has 32 heavy (non-hydrogen) atoms. The van der Waals surface area contributed by atoms with Gasteiger partial charge < -0.3 is 10.2 Å². The van der Waals surface area contributed by atoms with Gasteiger partial charge in [0.25, 0.3) is 11.8 Å². The second-order valence-electron chi connectivity index (χ2n) is 7.94. The van der Waals surface area contributed by atoms with Gasteiger partial charge in [-0.15, -0.1) is 0 Å². The normalized spacial score (nSPS) is 16.0. The van der Waals surface area contributed by atoms with E-state index < -0.39 is 0 Å². The summed E-state index contributed by atoms with van der Waals surface area (Å²) in [6.07, 6.45) is 4.92.